The van der Waals surface area contributed by atoms with Crippen molar-refractivity contribution in [1.82, 2.24) is 5.32 Å². The summed E-state index contributed by atoms with van der Waals surface area (Å²) >= 11 is 3.05. The van der Waals surface area contributed by atoms with Gasteiger partial charge in [-0.2, -0.15) is 0 Å². The van der Waals surface area contributed by atoms with E-state index in [0.29, 0.717) is 5.56 Å². The number of esters is 1. The fraction of sp³-hybridized carbons (Fsp3) is 0.143. The molecule has 0 aliphatic carbocycles. The maximum atomic E-state index is 13.2. The van der Waals surface area contributed by atoms with E-state index < -0.39 is 24.5 Å². The lowest BCUT2D eigenvalue weighted by Crippen LogP contribution is -2.32. The van der Waals surface area contributed by atoms with Crippen LogP contribution < -0.4 is 5.32 Å². The molecule has 1 atom stereocenters. The Bertz CT molecular complexity index is 925. The van der Waals surface area contributed by atoms with Gasteiger partial charge in [0.1, 0.15) is 5.82 Å². The molecule has 0 aliphatic heterocycles. The fourth-order valence-electron chi connectivity index (χ4n) is 2.57. The number of halogens is 1. The topological polar surface area (TPSA) is 55.4 Å². The van der Waals surface area contributed by atoms with Gasteiger partial charge in [0.05, 0.1) is 11.6 Å². The van der Waals surface area contributed by atoms with Crippen molar-refractivity contribution in [2.75, 3.05) is 12.9 Å². The molecule has 28 heavy (non-hydrogen) atoms. The van der Waals surface area contributed by atoms with Crippen LogP contribution in [0.25, 0.3) is 0 Å². The highest BCUT2D eigenvalue weighted by molar-refractivity contribution is 7.98. The Kier molecular flexibility index (Phi) is 6.84. The summed E-state index contributed by atoms with van der Waals surface area (Å²) in [5.41, 5.74) is 1.13. The molecule has 0 aliphatic rings. The van der Waals surface area contributed by atoms with E-state index in [2.05, 4.69) is 5.32 Å². The minimum absolute atomic E-state index is 0.346. The SMILES string of the molecule is CSc1ccc(C(=O)OCC(=O)N[C@H](c2ccc(F)cc2)c2cccs2)cc1. The van der Waals surface area contributed by atoms with Gasteiger partial charge in [-0.3, -0.25) is 4.79 Å². The summed E-state index contributed by atoms with van der Waals surface area (Å²) in [5, 5.41) is 4.75. The standard InChI is InChI=1S/C21H18FNO3S2/c1-27-17-10-6-15(7-11-17)21(25)26-13-19(24)23-20(18-3-2-12-28-18)14-4-8-16(22)9-5-14/h2-12,20H,13H2,1H3,(H,23,24)/t20-/m1/s1. The van der Waals surface area contributed by atoms with Crippen molar-refractivity contribution in [3.8, 4) is 0 Å². The number of hydrogen-bond acceptors (Lipinski definition) is 5. The summed E-state index contributed by atoms with van der Waals surface area (Å²) in [6.45, 7) is -0.397. The lowest BCUT2D eigenvalue weighted by atomic mass is 10.1. The number of amides is 1. The molecule has 1 amide bonds. The Morgan fingerprint density at radius 1 is 1.11 bits per heavy atom. The maximum absolute atomic E-state index is 13.2. The van der Waals surface area contributed by atoms with Gasteiger partial charge in [0.15, 0.2) is 6.61 Å². The number of thiophene rings is 1. The van der Waals surface area contributed by atoms with E-state index in [0.717, 1.165) is 15.3 Å². The zero-order chi connectivity index (χ0) is 19.9. The summed E-state index contributed by atoms with van der Waals surface area (Å²) in [7, 11) is 0. The molecule has 0 saturated heterocycles. The molecule has 0 unspecified atom stereocenters. The largest absolute Gasteiger partial charge is 0.452 e. The quantitative estimate of drug-likeness (QED) is 0.450. The molecule has 1 aromatic heterocycles. The van der Waals surface area contributed by atoms with Crippen LogP contribution in [0.15, 0.2) is 70.9 Å². The van der Waals surface area contributed by atoms with Crippen LogP contribution in [0.2, 0.25) is 0 Å². The van der Waals surface area contributed by atoms with E-state index in [4.69, 9.17) is 4.74 Å². The van der Waals surface area contributed by atoms with Crippen LogP contribution in [0.1, 0.15) is 26.8 Å². The van der Waals surface area contributed by atoms with Crippen LogP contribution >= 0.6 is 23.1 Å². The minimum Gasteiger partial charge on any atom is -0.452 e. The minimum atomic E-state index is -0.558. The molecule has 3 rings (SSSR count). The van der Waals surface area contributed by atoms with Crippen LogP contribution in [0, 0.1) is 5.82 Å². The molecule has 0 spiro atoms. The van der Waals surface area contributed by atoms with Crippen molar-refractivity contribution in [2.24, 2.45) is 0 Å². The fourth-order valence-corrected chi connectivity index (χ4v) is 3.78. The summed E-state index contributed by atoms with van der Waals surface area (Å²) in [5.74, 6) is -1.34. The van der Waals surface area contributed by atoms with Gasteiger partial charge >= 0.3 is 5.97 Å². The first-order valence-electron chi connectivity index (χ1n) is 8.46. The van der Waals surface area contributed by atoms with Crippen LogP contribution in [-0.4, -0.2) is 24.7 Å². The molecule has 0 fully saturated rings. The molecule has 2 aromatic carbocycles. The second-order valence-corrected chi connectivity index (χ2v) is 7.73. The predicted molar refractivity (Wildman–Crippen MR) is 109 cm³/mol. The molecule has 3 aromatic rings. The number of carbonyl (C=O) groups is 2. The van der Waals surface area contributed by atoms with Crippen molar-refractivity contribution in [3.05, 3.63) is 87.9 Å². The molecular weight excluding hydrogens is 397 g/mol. The Balaban J connectivity index is 1.63. The van der Waals surface area contributed by atoms with Gasteiger partial charge in [-0.05, 0) is 59.7 Å². The summed E-state index contributed by atoms with van der Waals surface area (Å²) < 4.78 is 18.4. The van der Waals surface area contributed by atoms with E-state index in [1.54, 1.807) is 36.0 Å². The Morgan fingerprint density at radius 2 is 1.82 bits per heavy atom. The highest BCUT2D eigenvalue weighted by Gasteiger charge is 2.19. The van der Waals surface area contributed by atoms with Crippen molar-refractivity contribution >= 4 is 35.0 Å². The molecule has 144 valence electrons. The number of ether oxygens (including phenoxy) is 1. The highest BCUT2D eigenvalue weighted by atomic mass is 32.2. The zero-order valence-corrected chi connectivity index (χ0v) is 16.7. The molecule has 4 nitrogen and oxygen atoms in total. The van der Waals surface area contributed by atoms with E-state index >= 15 is 0 Å². The smallest absolute Gasteiger partial charge is 0.338 e. The van der Waals surface area contributed by atoms with Crippen LogP contribution in [0.4, 0.5) is 4.39 Å². The van der Waals surface area contributed by atoms with Crippen LogP contribution in [0.5, 0.6) is 0 Å². The normalized spacial score (nSPS) is 11.6. The molecule has 0 saturated carbocycles. The van der Waals surface area contributed by atoms with Gasteiger partial charge in [-0.1, -0.05) is 18.2 Å². The summed E-state index contributed by atoms with van der Waals surface area (Å²) in [4.78, 5) is 26.4. The third-order valence-electron chi connectivity index (χ3n) is 4.00. The molecule has 1 N–H and O–H groups in total. The molecule has 0 radical (unpaired) electrons. The third kappa shape index (κ3) is 5.21. The van der Waals surface area contributed by atoms with Gasteiger partial charge in [0, 0.05) is 9.77 Å². The zero-order valence-electron chi connectivity index (χ0n) is 15.1. The molecule has 0 bridgehead atoms. The van der Waals surface area contributed by atoms with Gasteiger partial charge in [0.25, 0.3) is 5.91 Å². The Morgan fingerprint density at radius 3 is 2.43 bits per heavy atom. The van der Waals surface area contributed by atoms with Gasteiger partial charge in [0.2, 0.25) is 0 Å². The number of hydrogen-bond donors (Lipinski definition) is 1. The van der Waals surface area contributed by atoms with E-state index in [1.165, 1.54) is 23.5 Å². The lowest BCUT2D eigenvalue weighted by Gasteiger charge is -2.18. The van der Waals surface area contributed by atoms with E-state index in [1.807, 2.05) is 35.9 Å². The molecule has 7 heteroatoms. The van der Waals surface area contributed by atoms with Crippen LogP contribution in [0.3, 0.4) is 0 Å². The van der Waals surface area contributed by atoms with Crippen molar-refractivity contribution in [2.45, 2.75) is 10.9 Å². The van der Waals surface area contributed by atoms with E-state index in [-0.39, 0.29) is 5.82 Å². The van der Waals surface area contributed by atoms with Gasteiger partial charge in [-0.25, -0.2) is 9.18 Å². The lowest BCUT2D eigenvalue weighted by molar-refractivity contribution is -0.124. The molecular formula is C21H18FNO3S2. The van der Waals surface area contributed by atoms with Crippen molar-refractivity contribution in [1.29, 1.82) is 0 Å². The number of benzene rings is 2. The van der Waals surface area contributed by atoms with Crippen molar-refractivity contribution < 1.29 is 18.7 Å². The van der Waals surface area contributed by atoms with E-state index in [9.17, 15) is 14.0 Å². The number of carbonyl (C=O) groups excluding carboxylic acids is 2. The Hall–Kier alpha value is -2.64. The Labute approximate surface area is 170 Å². The first-order valence-corrected chi connectivity index (χ1v) is 10.6. The predicted octanol–water partition coefficient (Wildman–Crippen LogP) is 4.67. The first kappa shape index (κ1) is 20.1. The maximum Gasteiger partial charge on any atom is 0.338 e. The summed E-state index contributed by atoms with van der Waals surface area (Å²) in [6, 6.07) is 16.2. The monoisotopic (exact) mass is 415 g/mol. The number of thioether (sulfide) groups is 1. The van der Waals surface area contributed by atoms with Gasteiger partial charge < -0.3 is 10.1 Å². The highest BCUT2D eigenvalue weighted by Crippen LogP contribution is 2.26. The van der Waals surface area contributed by atoms with Crippen molar-refractivity contribution in [3.63, 3.8) is 0 Å². The van der Waals surface area contributed by atoms with Crippen LogP contribution in [-0.2, 0) is 9.53 Å². The molecule has 1 heterocycles. The summed E-state index contributed by atoms with van der Waals surface area (Å²) in [6.07, 6.45) is 1.95. The third-order valence-corrected chi connectivity index (χ3v) is 5.68. The second kappa shape index (κ2) is 9.52. The average molecular weight is 416 g/mol. The average Bonchev–Trinajstić information content (AvgIpc) is 3.25. The number of rotatable bonds is 7. The van der Waals surface area contributed by atoms with Gasteiger partial charge in [-0.15, -0.1) is 23.1 Å². The second-order valence-electron chi connectivity index (χ2n) is 5.87. The number of nitrogens with one attached hydrogen (secondary N) is 1. The first-order chi connectivity index (χ1) is 13.6.